The summed E-state index contributed by atoms with van der Waals surface area (Å²) >= 11 is 11.5. The Labute approximate surface area is 116 Å². The van der Waals surface area contributed by atoms with Crippen LogP contribution in [0.4, 0.5) is 0 Å². The van der Waals surface area contributed by atoms with E-state index < -0.39 is 0 Å². The molecule has 0 unspecified atom stereocenters. The molecule has 0 amide bonds. The van der Waals surface area contributed by atoms with Gasteiger partial charge >= 0.3 is 0 Å². The first-order chi connectivity index (χ1) is 8.63. The molecule has 0 aliphatic rings. The van der Waals surface area contributed by atoms with E-state index in [4.69, 9.17) is 23.2 Å². The maximum Gasteiger partial charge on any atom is 0.0775 e. The lowest BCUT2D eigenvalue weighted by atomic mass is 10.4. The summed E-state index contributed by atoms with van der Waals surface area (Å²) < 4.78 is 3.92. The average Bonchev–Trinajstić information content (AvgIpc) is 2.90. The third-order valence-electron chi connectivity index (χ3n) is 2.86. The van der Waals surface area contributed by atoms with Crippen LogP contribution < -0.4 is 0 Å². The first kappa shape index (κ1) is 13.4. The van der Waals surface area contributed by atoms with Crippen LogP contribution in [-0.4, -0.2) is 19.6 Å². The molecule has 2 rings (SSSR count). The quantitative estimate of drug-likeness (QED) is 0.793. The van der Waals surface area contributed by atoms with Crippen LogP contribution in [0.5, 0.6) is 0 Å². The lowest BCUT2D eigenvalue weighted by Gasteiger charge is -2.06. The third kappa shape index (κ3) is 2.87. The second-order valence-electron chi connectivity index (χ2n) is 4.27. The van der Waals surface area contributed by atoms with Crippen LogP contribution in [0.1, 0.15) is 22.8 Å². The van der Waals surface area contributed by atoms with E-state index in [0.29, 0.717) is 11.8 Å². The van der Waals surface area contributed by atoms with E-state index >= 15 is 0 Å². The summed E-state index contributed by atoms with van der Waals surface area (Å²) in [6, 6.07) is 4.01. The van der Waals surface area contributed by atoms with Gasteiger partial charge in [0.25, 0.3) is 0 Å². The van der Waals surface area contributed by atoms with Gasteiger partial charge in [0, 0.05) is 11.4 Å². The number of halogens is 2. The molecule has 2 heterocycles. The van der Waals surface area contributed by atoms with Crippen molar-refractivity contribution in [3.05, 3.63) is 34.9 Å². The number of hydrogen-bond acceptors (Lipinski definition) is 2. The molecule has 0 atom stereocenters. The summed E-state index contributed by atoms with van der Waals surface area (Å²) in [7, 11) is 0. The molecular formula is C12H16Cl2N4. The molecule has 0 radical (unpaired) electrons. The van der Waals surface area contributed by atoms with Crippen molar-refractivity contribution in [3.8, 4) is 0 Å². The third-order valence-corrected chi connectivity index (χ3v) is 3.41. The second-order valence-corrected chi connectivity index (χ2v) is 4.80. The van der Waals surface area contributed by atoms with Gasteiger partial charge in [0.1, 0.15) is 0 Å². The monoisotopic (exact) mass is 286 g/mol. The van der Waals surface area contributed by atoms with Gasteiger partial charge in [-0.15, -0.1) is 23.2 Å². The first-order valence-electron chi connectivity index (χ1n) is 5.82. The van der Waals surface area contributed by atoms with E-state index in [2.05, 4.69) is 10.2 Å². The Balaban J connectivity index is 2.06. The minimum absolute atomic E-state index is 0.449. The van der Waals surface area contributed by atoms with Crippen LogP contribution in [0.3, 0.4) is 0 Å². The number of nitrogens with zero attached hydrogens (tertiary/aromatic N) is 4. The van der Waals surface area contributed by atoms with Gasteiger partial charge in [0.05, 0.1) is 36.2 Å². The molecule has 2 aromatic heterocycles. The number of aromatic nitrogens is 4. The van der Waals surface area contributed by atoms with Crippen molar-refractivity contribution in [1.29, 1.82) is 0 Å². The molecule has 0 N–H and O–H groups in total. The molecule has 0 fully saturated rings. The molecule has 6 heteroatoms. The van der Waals surface area contributed by atoms with Crippen molar-refractivity contribution in [3.63, 3.8) is 0 Å². The normalized spacial score (nSPS) is 11.1. The van der Waals surface area contributed by atoms with Crippen molar-refractivity contribution < 1.29 is 0 Å². The largest absolute Gasteiger partial charge is 0.268 e. The molecule has 0 aliphatic carbocycles. The topological polar surface area (TPSA) is 35.6 Å². The van der Waals surface area contributed by atoms with Crippen molar-refractivity contribution in [1.82, 2.24) is 19.6 Å². The maximum atomic E-state index is 5.77. The Morgan fingerprint density at radius 3 is 1.56 bits per heavy atom. The summed E-state index contributed by atoms with van der Waals surface area (Å²) in [4.78, 5) is 0. The van der Waals surface area contributed by atoms with Gasteiger partial charge in [0.2, 0.25) is 0 Å². The van der Waals surface area contributed by atoms with Gasteiger partial charge in [-0.3, -0.25) is 9.36 Å². The highest BCUT2D eigenvalue weighted by Gasteiger charge is 2.06. The van der Waals surface area contributed by atoms with Crippen LogP contribution in [-0.2, 0) is 24.8 Å². The Hall–Kier alpha value is -1.000. The lowest BCUT2D eigenvalue weighted by Crippen LogP contribution is -2.12. The molecule has 4 nitrogen and oxygen atoms in total. The van der Waals surface area contributed by atoms with E-state index in [0.717, 1.165) is 35.9 Å². The average molecular weight is 287 g/mol. The highest BCUT2D eigenvalue weighted by atomic mass is 35.5. The predicted molar refractivity (Wildman–Crippen MR) is 73.0 cm³/mol. The molecule has 0 aliphatic heterocycles. The molecule has 0 saturated heterocycles. The summed E-state index contributed by atoms with van der Waals surface area (Å²) in [5.74, 6) is 0.899. The minimum Gasteiger partial charge on any atom is -0.268 e. The number of aryl methyl sites for hydroxylation is 4. The van der Waals surface area contributed by atoms with Crippen molar-refractivity contribution in [2.75, 3.05) is 0 Å². The number of alkyl halides is 2. The zero-order chi connectivity index (χ0) is 13.1. The van der Waals surface area contributed by atoms with E-state index in [1.807, 2.05) is 35.3 Å². The highest BCUT2D eigenvalue weighted by Crippen LogP contribution is 2.08. The molecule has 0 aromatic carbocycles. The van der Waals surface area contributed by atoms with Gasteiger partial charge in [-0.1, -0.05) is 0 Å². The SMILES string of the molecule is Cc1cc(CCl)nn1CCn1nc(CCl)cc1C. The summed E-state index contributed by atoms with van der Waals surface area (Å²) in [5, 5.41) is 8.84. The van der Waals surface area contributed by atoms with Gasteiger partial charge in [-0.25, -0.2) is 0 Å². The van der Waals surface area contributed by atoms with E-state index in [-0.39, 0.29) is 0 Å². The fourth-order valence-electron chi connectivity index (χ4n) is 1.93. The first-order valence-corrected chi connectivity index (χ1v) is 6.89. The van der Waals surface area contributed by atoms with Crippen LogP contribution in [0.25, 0.3) is 0 Å². The Kier molecular flexibility index (Phi) is 4.30. The summed E-state index contributed by atoms with van der Waals surface area (Å²) in [6.45, 7) is 5.63. The van der Waals surface area contributed by atoms with Crippen LogP contribution in [0.15, 0.2) is 12.1 Å². The molecule has 98 valence electrons. The second kappa shape index (κ2) is 5.76. The lowest BCUT2D eigenvalue weighted by molar-refractivity contribution is 0.482. The van der Waals surface area contributed by atoms with Gasteiger partial charge in [-0.05, 0) is 26.0 Å². The van der Waals surface area contributed by atoms with Gasteiger partial charge < -0.3 is 0 Å². The highest BCUT2D eigenvalue weighted by molar-refractivity contribution is 6.17. The predicted octanol–water partition coefficient (Wildman–Crippen LogP) is 2.87. The molecule has 2 aromatic rings. The minimum atomic E-state index is 0.449. The van der Waals surface area contributed by atoms with Crippen molar-refractivity contribution >= 4 is 23.2 Å². The fraction of sp³-hybridized carbons (Fsp3) is 0.500. The Morgan fingerprint density at radius 2 is 1.28 bits per heavy atom. The smallest absolute Gasteiger partial charge is 0.0775 e. The fourth-order valence-corrected chi connectivity index (χ4v) is 2.19. The van der Waals surface area contributed by atoms with Crippen LogP contribution in [0.2, 0.25) is 0 Å². The van der Waals surface area contributed by atoms with Crippen LogP contribution >= 0.6 is 23.2 Å². The maximum absolute atomic E-state index is 5.77. The molecule has 0 bridgehead atoms. The Morgan fingerprint density at radius 1 is 0.889 bits per heavy atom. The summed E-state index contributed by atoms with van der Waals surface area (Å²) in [6.07, 6.45) is 0. The van der Waals surface area contributed by atoms with E-state index in [1.165, 1.54) is 0 Å². The summed E-state index contributed by atoms with van der Waals surface area (Å²) in [5.41, 5.74) is 4.06. The standard InChI is InChI=1S/C12H16Cl2N4/c1-9-5-11(7-13)15-17(9)3-4-18-10(2)6-12(8-14)16-18/h5-6H,3-4,7-8H2,1-2H3. The number of hydrogen-bond donors (Lipinski definition) is 0. The molecular weight excluding hydrogens is 271 g/mol. The molecule has 0 spiro atoms. The zero-order valence-corrected chi connectivity index (χ0v) is 12.0. The van der Waals surface area contributed by atoms with Crippen LogP contribution in [0, 0.1) is 13.8 Å². The zero-order valence-electron chi connectivity index (χ0n) is 10.5. The molecule has 0 saturated carbocycles. The number of rotatable bonds is 5. The van der Waals surface area contributed by atoms with Gasteiger partial charge in [-0.2, -0.15) is 10.2 Å². The van der Waals surface area contributed by atoms with Gasteiger partial charge in [0.15, 0.2) is 0 Å². The van der Waals surface area contributed by atoms with E-state index in [1.54, 1.807) is 0 Å². The van der Waals surface area contributed by atoms with E-state index in [9.17, 15) is 0 Å². The van der Waals surface area contributed by atoms with Crippen molar-refractivity contribution in [2.24, 2.45) is 0 Å². The Bertz CT molecular complexity index is 482. The molecule has 18 heavy (non-hydrogen) atoms. The van der Waals surface area contributed by atoms with Crippen molar-refractivity contribution in [2.45, 2.75) is 38.7 Å².